The molecule has 0 rings (SSSR count). The molecule has 0 aromatic heterocycles. The number of halogens is 1. The molecule has 36 valence electrons. The molecule has 0 amide bonds. The van der Waals surface area contributed by atoms with E-state index in [-0.39, 0.29) is 0 Å². The minimum Gasteiger partial charge on any atom is -0.270 e. The van der Waals surface area contributed by atoms with Crippen molar-refractivity contribution >= 4 is 11.8 Å². The molecular weight excluding hydrogens is 101 g/mol. The Balaban J connectivity index is 3.90. The van der Waals surface area contributed by atoms with E-state index in [1.54, 1.807) is 0 Å². The third-order valence-electron chi connectivity index (χ3n) is 0.280. The van der Waals surface area contributed by atoms with E-state index in [2.05, 4.69) is 0 Å². The first kappa shape index (κ1) is 5.76. The van der Waals surface area contributed by atoms with Gasteiger partial charge in [-0.05, 0) is 0 Å². The number of carbonyl (C=O) groups is 2. The molecule has 0 aromatic carbocycles. The Labute approximate surface area is 38.4 Å². The lowest BCUT2D eigenvalue weighted by atomic mass is 10.5. The van der Waals surface area contributed by atoms with Crippen molar-refractivity contribution in [3.05, 3.63) is 0 Å². The molecule has 3 nitrogen and oxygen atoms in total. The molecule has 0 spiro atoms. The Kier molecular flexibility index (Phi) is 1.67. The van der Waals surface area contributed by atoms with Gasteiger partial charge in [0.2, 0.25) is 0 Å². The molecule has 0 aliphatic rings. The van der Waals surface area contributed by atoms with Crippen LogP contribution in [-0.2, 0) is 9.59 Å². The van der Waals surface area contributed by atoms with Crippen LogP contribution in [0, 0.1) is 11.3 Å². The number of rotatable bonds is 1. The minimum atomic E-state index is -2.21. The van der Waals surface area contributed by atoms with Crippen LogP contribution in [0.25, 0.3) is 0 Å². The van der Waals surface area contributed by atoms with Crippen LogP contribution in [0.5, 0.6) is 0 Å². The van der Waals surface area contributed by atoms with Crippen molar-refractivity contribution < 1.29 is 14.0 Å². The molecule has 4 heteroatoms. The van der Waals surface area contributed by atoms with E-state index in [4.69, 9.17) is 10.1 Å². The zero-order chi connectivity index (χ0) is 5.86. The minimum absolute atomic E-state index is 0.801. The third-order valence-corrected chi connectivity index (χ3v) is 0.280. The number of nitriles is 1. The van der Waals surface area contributed by atoms with Crippen molar-refractivity contribution in [2.45, 2.75) is 0 Å². The van der Waals surface area contributed by atoms with Gasteiger partial charge in [-0.2, -0.15) is 9.65 Å². The van der Waals surface area contributed by atoms with Gasteiger partial charge in [0.25, 0.3) is 0 Å². The van der Waals surface area contributed by atoms with Crippen LogP contribution in [0.2, 0.25) is 0 Å². The Bertz CT molecular complexity index is 146. The molecule has 0 N–H and O–H groups in total. The van der Waals surface area contributed by atoms with E-state index < -0.39 is 11.8 Å². The van der Waals surface area contributed by atoms with Crippen molar-refractivity contribution in [2.75, 3.05) is 0 Å². The summed E-state index contributed by atoms with van der Waals surface area (Å²) in [5, 5.41) is 7.44. The van der Waals surface area contributed by atoms with Crippen LogP contribution in [-0.4, -0.2) is 11.8 Å². The molecule has 0 fully saturated rings. The second kappa shape index (κ2) is 2.03. The SMILES string of the molecule is N#CC(=O)C(=O)F. The van der Waals surface area contributed by atoms with Crippen molar-refractivity contribution in [3.8, 4) is 6.07 Å². The first-order valence-electron chi connectivity index (χ1n) is 1.32. The Morgan fingerprint density at radius 2 is 2.00 bits per heavy atom. The van der Waals surface area contributed by atoms with Gasteiger partial charge in [0.1, 0.15) is 0 Å². The first-order chi connectivity index (χ1) is 3.18. The van der Waals surface area contributed by atoms with Gasteiger partial charge < -0.3 is 0 Å². The highest BCUT2D eigenvalue weighted by Crippen LogP contribution is 1.71. The van der Waals surface area contributed by atoms with Crippen LogP contribution >= 0.6 is 0 Å². The number of ketones is 1. The molecule has 0 atom stereocenters. The van der Waals surface area contributed by atoms with Crippen LogP contribution < -0.4 is 0 Å². The Morgan fingerprint density at radius 3 is 2.00 bits per heavy atom. The van der Waals surface area contributed by atoms with Gasteiger partial charge in [0, 0.05) is 0 Å². The second-order valence-corrected chi connectivity index (χ2v) is 0.715. The predicted molar refractivity (Wildman–Crippen MR) is 16.7 cm³/mol. The molecule has 0 saturated heterocycles. The van der Waals surface area contributed by atoms with E-state index in [0.717, 1.165) is 6.07 Å². The maximum absolute atomic E-state index is 10.9. The van der Waals surface area contributed by atoms with Gasteiger partial charge in [-0.1, -0.05) is 0 Å². The van der Waals surface area contributed by atoms with Crippen molar-refractivity contribution in [1.82, 2.24) is 0 Å². The Hall–Kier alpha value is -1.24. The van der Waals surface area contributed by atoms with E-state index in [9.17, 15) is 9.18 Å². The smallest absolute Gasteiger partial charge is 0.270 e. The van der Waals surface area contributed by atoms with E-state index in [0.29, 0.717) is 0 Å². The number of carbonyl (C=O) groups excluding carboxylic acids is 2. The zero-order valence-corrected chi connectivity index (χ0v) is 3.14. The highest BCUT2D eigenvalue weighted by atomic mass is 19.1. The highest BCUT2D eigenvalue weighted by Gasteiger charge is 2.08. The van der Waals surface area contributed by atoms with Crippen LogP contribution in [0.3, 0.4) is 0 Å². The molecule has 0 bridgehead atoms. The fourth-order valence-electron chi connectivity index (χ4n) is 0.0440. The number of hydrogen-bond donors (Lipinski definition) is 0. The lowest BCUT2D eigenvalue weighted by Gasteiger charge is -1.65. The number of Topliss-reactive ketones (excluding diaryl/α,β-unsaturated/α-hetero) is 1. The molecule has 0 saturated carbocycles. The fourth-order valence-corrected chi connectivity index (χ4v) is 0.0440. The molecular formula is C3FNO2. The van der Waals surface area contributed by atoms with Crippen molar-refractivity contribution in [3.63, 3.8) is 0 Å². The summed E-state index contributed by atoms with van der Waals surface area (Å²) in [7, 11) is 0. The molecule has 7 heavy (non-hydrogen) atoms. The second-order valence-electron chi connectivity index (χ2n) is 0.715. The maximum atomic E-state index is 10.9. The average molecular weight is 101 g/mol. The summed E-state index contributed by atoms with van der Waals surface area (Å²) < 4.78 is 10.9. The van der Waals surface area contributed by atoms with Gasteiger partial charge in [-0.3, -0.25) is 9.59 Å². The molecule has 0 aliphatic carbocycles. The fraction of sp³-hybridized carbons (Fsp3) is 0. The molecule has 0 radical (unpaired) electrons. The maximum Gasteiger partial charge on any atom is 0.382 e. The molecule has 0 aromatic rings. The van der Waals surface area contributed by atoms with E-state index in [1.807, 2.05) is 0 Å². The van der Waals surface area contributed by atoms with Crippen molar-refractivity contribution in [1.29, 1.82) is 5.26 Å². The monoisotopic (exact) mass is 101 g/mol. The summed E-state index contributed by atoms with van der Waals surface area (Å²) in [5.74, 6) is -1.65. The van der Waals surface area contributed by atoms with Gasteiger partial charge in [-0.15, -0.1) is 0 Å². The molecule has 0 unspecified atom stereocenters. The van der Waals surface area contributed by atoms with E-state index >= 15 is 0 Å². The summed E-state index contributed by atoms with van der Waals surface area (Å²) in [5.41, 5.74) is 0. The summed E-state index contributed by atoms with van der Waals surface area (Å²) in [6.45, 7) is 0. The topological polar surface area (TPSA) is 57.9 Å². The molecule has 0 aliphatic heterocycles. The third kappa shape index (κ3) is 1.60. The number of nitrogens with zero attached hydrogens (tertiary/aromatic N) is 1. The predicted octanol–water partition coefficient (Wildman–Crippen LogP) is -0.425. The summed E-state index contributed by atoms with van der Waals surface area (Å²) in [6.07, 6.45) is 0. The zero-order valence-electron chi connectivity index (χ0n) is 3.14. The van der Waals surface area contributed by atoms with Crippen LogP contribution in [0.4, 0.5) is 4.39 Å². The van der Waals surface area contributed by atoms with Crippen LogP contribution in [0.1, 0.15) is 0 Å². The quantitative estimate of drug-likeness (QED) is 0.256. The normalized spacial score (nSPS) is 6.86. The largest absolute Gasteiger partial charge is 0.382 e. The number of hydrogen-bond acceptors (Lipinski definition) is 3. The van der Waals surface area contributed by atoms with Gasteiger partial charge in [-0.25, -0.2) is 0 Å². The van der Waals surface area contributed by atoms with Gasteiger partial charge in [0.05, 0.1) is 0 Å². The van der Waals surface area contributed by atoms with Crippen LogP contribution in [0.15, 0.2) is 0 Å². The summed E-state index contributed by atoms with van der Waals surface area (Å²) in [6, 6.07) is -1.41. The Morgan fingerprint density at radius 1 is 1.57 bits per heavy atom. The highest BCUT2D eigenvalue weighted by molar-refractivity contribution is 6.39. The summed E-state index contributed by atoms with van der Waals surface area (Å²) >= 11 is 0. The average Bonchev–Trinajstić information content (AvgIpc) is 1.65. The lowest BCUT2D eigenvalue weighted by Crippen LogP contribution is -2.02. The van der Waals surface area contributed by atoms with Gasteiger partial charge in [0.15, 0.2) is 6.07 Å². The van der Waals surface area contributed by atoms with Crippen molar-refractivity contribution in [2.24, 2.45) is 0 Å². The lowest BCUT2D eigenvalue weighted by molar-refractivity contribution is -0.140. The van der Waals surface area contributed by atoms with Gasteiger partial charge >= 0.3 is 11.8 Å². The first-order valence-corrected chi connectivity index (χ1v) is 1.32. The summed E-state index contributed by atoms with van der Waals surface area (Å²) in [4.78, 5) is 18.6. The standard InChI is InChI=1S/C3FNO2/c4-3(7)2(6)1-5. The van der Waals surface area contributed by atoms with E-state index in [1.165, 1.54) is 0 Å². The molecule has 0 heterocycles.